The van der Waals surface area contributed by atoms with Gasteiger partial charge in [-0.15, -0.1) is 11.8 Å². The summed E-state index contributed by atoms with van der Waals surface area (Å²) in [6, 6.07) is 0. The molecule has 2 N–H and O–H groups in total. The zero-order chi connectivity index (χ0) is 16.3. The Morgan fingerprint density at radius 2 is 1.09 bits per heavy atom. The van der Waals surface area contributed by atoms with E-state index in [-0.39, 0.29) is 0 Å². The Hall–Kier alpha value is 0.295. The van der Waals surface area contributed by atoms with E-state index in [1.807, 2.05) is 0 Å². The van der Waals surface area contributed by atoms with E-state index >= 15 is 0 Å². The highest BCUT2D eigenvalue weighted by Gasteiger charge is 2.06. The first kappa shape index (κ1) is 22.3. The first-order valence-corrected chi connectivity index (χ1v) is 10.5. The molecule has 0 heterocycles. The highest BCUT2D eigenvalue weighted by Crippen LogP contribution is 2.13. The zero-order valence-corrected chi connectivity index (χ0v) is 15.4. The summed E-state index contributed by atoms with van der Waals surface area (Å²) in [4.78, 5) is 0. The molecule has 0 fully saturated rings. The van der Waals surface area contributed by atoms with Gasteiger partial charge in [0.25, 0.3) is 0 Å². The second-order valence-electron chi connectivity index (χ2n) is 6.12. The van der Waals surface area contributed by atoms with Gasteiger partial charge >= 0.3 is 7.32 Å². The predicted octanol–water partition coefficient (Wildman–Crippen LogP) is 5.14. The minimum atomic E-state index is -1.62. The van der Waals surface area contributed by atoms with Crippen LogP contribution in [0.25, 0.3) is 0 Å². The van der Waals surface area contributed by atoms with E-state index in [2.05, 4.69) is 11.6 Å². The predicted molar refractivity (Wildman–Crippen MR) is 98.9 cm³/mol. The second kappa shape index (κ2) is 19.3. The van der Waals surface area contributed by atoms with Crippen LogP contribution in [0.3, 0.4) is 0 Å². The Labute approximate surface area is 142 Å². The van der Waals surface area contributed by atoms with Crippen molar-refractivity contribution in [2.45, 2.75) is 96.8 Å². The van der Waals surface area contributed by atoms with Crippen LogP contribution in [0.4, 0.5) is 0 Å². The Morgan fingerprint density at radius 1 is 0.682 bits per heavy atom. The Bertz CT molecular complexity index is 206. The van der Waals surface area contributed by atoms with Crippen LogP contribution in [0, 0.1) is 0 Å². The summed E-state index contributed by atoms with van der Waals surface area (Å²) in [6.07, 6.45) is 19.3. The minimum Gasteiger partial charge on any atom is -0.402 e. The Balaban J connectivity index is 2.94. The molecule has 3 nitrogen and oxygen atoms in total. The average molecular weight is 332 g/mol. The van der Waals surface area contributed by atoms with Crippen molar-refractivity contribution >= 4 is 19.1 Å². The van der Waals surface area contributed by atoms with Gasteiger partial charge in [0.2, 0.25) is 0 Å². The third-order valence-electron chi connectivity index (χ3n) is 3.94. The SMILES string of the molecule is CCCCCCCCCCCCCCCCSCOB(O)O. The Kier molecular flexibility index (Phi) is 19.6. The van der Waals surface area contributed by atoms with Crippen LogP contribution in [0.5, 0.6) is 0 Å². The maximum absolute atomic E-state index is 8.50. The number of hydrogen-bond donors (Lipinski definition) is 2. The van der Waals surface area contributed by atoms with Crippen LogP contribution in [-0.2, 0) is 4.65 Å². The van der Waals surface area contributed by atoms with Gasteiger partial charge in [0.1, 0.15) is 0 Å². The maximum atomic E-state index is 8.50. The summed E-state index contributed by atoms with van der Waals surface area (Å²) in [6.45, 7) is 2.27. The monoisotopic (exact) mass is 332 g/mol. The molecule has 0 amide bonds. The average Bonchev–Trinajstić information content (AvgIpc) is 2.50. The number of unbranched alkanes of at least 4 members (excludes halogenated alkanes) is 13. The standard InChI is InChI=1S/C17H37BO3S/c1-2-3-4-5-6-7-8-9-10-11-12-13-14-15-16-22-17-21-18(19)20/h19-20H,2-17H2,1H3. The van der Waals surface area contributed by atoms with Gasteiger partial charge in [-0.2, -0.15) is 0 Å². The number of hydrogen-bond acceptors (Lipinski definition) is 4. The summed E-state index contributed by atoms with van der Waals surface area (Å²) in [5, 5.41) is 17.0. The molecule has 0 unspecified atom stereocenters. The van der Waals surface area contributed by atoms with E-state index < -0.39 is 7.32 Å². The van der Waals surface area contributed by atoms with Crippen molar-refractivity contribution in [2.24, 2.45) is 0 Å². The topological polar surface area (TPSA) is 49.7 Å². The third kappa shape index (κ3) is 20.3. The van der Waals surface area contributed by atoms with Crippen molar-refractivity contribution in [1.29, 1.82) is 0 Å². The molecule has 132 valence electrons. The lowest BCUT2D eigenvalue weighted by Crippen LogP contribution is -2.16. The van der Waals surface area contributed by atoms with Gasteiger partial charge in [0.15, 0.2) is 0 Å². The quantitative estimate of drug-likeness (QED) is 0.207. The zero-order valence-electron chi connectivity index (χ0n) is 14.6. The van der Waals surface area contributed by atoms with Gasteiger partial charge in [-0.1, -0.05) is 90.4 Å². The largest absolute Gasteiger partial charge is 0.634 e. The molecule has 0 aliphatic carbocycles. The van der Waals surface area contributed by atoms with Crippen molar-refractivity contribution in [2.75, 3.05) is 11.7 Å². The van der Waals surface area contributed by atoms with E-state index in [9.17, 15) is 0 Å². The fourth-order valence-corrected chi connectivity index (χ4v) is 3.31. The van der Waals surface area contributed by atoms with Crippen molar-refractivity contribution < 1.29 is 14.7 Å². The molecular formula is C17H37BO3S. The van der Waals surface area contributed by atoms with Crippen LogP contribution >= 0.6 is 11.8 Å². The van der Waals surface area contributed by atoms with E-state index in [0.29, 0.717) is 5.94 Å². The fraction of sp³-hybridized carbons (Fsp3) is 1.00. The van der Waals surface area contributed by atoms with Crippen molar-refractivity contribution in [3.8, 4) is 0 Å². The molecule has 0 spiro atoms. The fourth-order valence-electron chi connectivity index (χ4n) is 2.57. The second-order valence-corrected chi connectivity index (χ2v) is 7.17. The van der Waals surface area contributed by atoms with Crippen molar-refractivity contribution in [1.82, 2.24) is 0 Å². The van der Waals surface area contributed by atoms with Crippen LogP contribution in [0.1, 0.15) is 96.8 Å². The van der Waals surface area contributed by atoms with Crippen LogP contribution in [0.2, 0.25) is 0 Å². The maximum Gasteiger partial charge on any atom is 0.634 e. The molecule has 22 heavy (non-hydrogen) atoms. The lowest BCUT2D eigenvalue weighted by atomic mass is 10.0. The van der Waals surface area contributed by atoms with Crippen molar-refractivity contribution in [3.63, 3.8) is 0 Å². The highest BCUT2D eigenvalue weighted by atomic mass is 32.2. The summed E-state index contributed by atoms with van der Waals surface area (Å²) in [5.74, 6) is 1.42. The van der Waals surface area contributed by atoms with Crippen LogP contribution in [-0.4, -0.2) is 29.1 Å². The molecule has 5 heteroatoms. The molecule has 0 aliphatic rings. The van der Waals surface area contributed by atoms with E-state index in [1.165, 1.54) is 89.9 Å². The summed E-state index contributed by atoms with van der Waals surface area (Å²) in [7, 11) is -1.62. The first-order valence-electron chi connectivity index (χ1n) is 9.33. The van der Waals surface area contributed by atoms with Gasteiger partial charge in [-0.05, 0) is 12.2 Å². The number of rotatable bonds is 18. The van der Waals surface area contributed by atoms with Gasteiger partial charge in [0, 0.05) is 0 Å². The van der Waals surface area contributed by atoms with E-state index in [1.54, 1.807) is 11.8 Å². The highest BCUT2D eigenvalue weighted by molar-refractivity contribution is 7.99. The van der Waals surface area contributed by atoms with Crippen LogP contribution < -0.4 is 0 Å². The number of thioether (sulfide) groups is 1. The molecule has 0 aromatic heterocycles. The lowest BCUT2D eigenvalue weighted by molar-refractivity contribution is 0.220. The Morgan fingerprint density at radius 3 is 1.50 bits per heavy atom. The summed E-state index contributed by atoms with van der Waals surface area (Å²) < 4.78 is 4.64. The van der Waals surface area contributed by atoms with Gasteiger partial charge in [-0.25, -0.2) is 0 Å². The molecule has 0 radical (unpaired) electrons. The smallest absolute Gasteiger partial charge is 0.402 e. The van der Waals surface area contributed by atoms with Gasteiger partial charge in [-0.3, -0.25) is 0 Å². The first-order chi connectivity index (χ1) is 10.8. The molecule has 0 atom stereocenters. The molecule has 0 aromatic carbocycles. The van der Waals surface area contributed by atoms with E-state index in [4.69, 9.17) is 10.0 Å². The molecule has 0 aliphatic heterocycles. The summed E-state index contributed by atoms with van der Waals surface area (Å²) >= 11 is 1.62. The normalized spacial score (nSPS) is 11.0. The molecule has 0 bridgehead atoms. The summed E-state index contributed by atoms with van der Waals surface area (Å²) in [5.41, 5.74) is 0. The molecule has 0 aromatic rings. The molecular weight excluding hydrogens is 295 g/mol. The van der Waals surface area contributed by atoms with Gasteiger partial charge < -0.3 is 14.7 Å². The molecule has 0 rings (SSSR count). The van der Waals surface area contributed by atoms with Crippen molar-refractivity contribution in [3.05, 3.63) is 0 Å². The van der Waals surface area contributed by atoms with Crippen LogP contribution in [0.15, 0.2) is 0 Å². The molecule has 0 saturated heterocycles. The lowest BCUT2D eigenvalue weighted by Gasteiger charge is -2.04. The molecule has 0 saturated carbocycles. The van der Waals surface area contributed by atoms with E-state index in [0.717, 1.165) is 5.75 Å². The minimum absolute atomic E-state index is 0.371. The third-order valence-corrected chi connectivity index (χ3v) is 4.82. The van der Waals surface area contributed by atoms with Gasteiger partial charge in [0.05, 0.1) is 5.94 Å².